The standard InChI is InChI=1S/C26H27N3O3/c1-32-21-11-9-20(10-12-21)28-26(31)29-24-14-7-18-16-19(6-13-22(18)24)25(30)15-8-17-4-2-3-5-23(17)27/h2-6,9-13,16,24H,7-8,14-15,27H2,1H3,(H2,28,29,31). The Bertz CT molecular complexity index is 1130. The van der Waals surface area contributed by atoms with E-state index in [0.717, 1.165) is 41.0 Å². The Morgan fingerprint density at radius 1 is 1.06 bits per heavy atom. The number of aryl methyl sites for hydroxylation is 2. The smallest absolute Gasteiger partial charge is 0.319 e. The lowest BCUT2D eigenvalue weighted by molar-refractivity contribution is 0.0982. The Kier molecular flexibility index (Phi) is 6.40. The number of nitrogen functional groups attached to an aromatic ring is 1. The van der Waals surface area contributed by atoms with E-state index in [1.165, 1.54) is 0 Å². The molecule has 164 valence electrons. The summed E-state index contributed by atoms with van der Waals surface area (Å²) in [4.78, 5) is 25.1. The molecule has 3 aromatic carbocycles. The average molecular weight is 430 g/mol. The maximum atomic E-state index is 12.7. The highest BCUT2D eigenvalue weighted by Gasteiger charge is 2.25. The van der Waals surface area contributed by atoms with Crippen LogP contribution in [0.5, 0.6) is 5.75 Å². The molecule has 0 spiro atoms. The van der Waals surface area contributed by atoms with Crippen LogP contribution in [0.2, 0.25) is 0 Å². The number of ketones is 1. The quantitative estimate of drug-likeness (QED) is 0.368. The molecule has 1 aliphatic carbocycles. The molecule has 1 atom stereocenters. The molecule has 2 amide bonds. The molecule has 0 radical (unpaired) electrons. The minimum atomic E-state index is -0.256. The van der Waals surface area contributed by atoms with Gasteiger partial charge in [0.05, 0.1) is 13.2 Å². The van der Waals surface area contributed by atoms with E-state index in [1.807, 2.05) is 42.5 Å². The van der Waals surface area contributed by atoms with E-state index in [0.29, 0.717) is 24.1 Å². The number of nitrogens with one attached hydrogen (secondary N) is 2. The summed E-state index contributed by atoms with van der Waals surface area (Å²) < 4.78 is 5.13. The summed E-state index contributed by atoms with van der Waals surface area (Å²) in [7, 11) is 1.60. The second-order valence-electron chi connectivity index (χ2n) is 7.95. The molecule has 6 nitrogen and oxygen atoms in total. The zero-order valence-corrected chi connectivity index (χ0v) is 18.1. The molecular formula is C26H27N3O3. The van der Waals surface area contributed by atoms with Gasteiger partial charge in [-0.1, -0.05) is 30.3 Å². The predicted molar refractivity (Wildman–Crippen MR) is 126 cm³/mol. The van der Waals surface area contributed by atoms with Crippen LogP contribution in [0.25, 0.3) is 0 Å². The lowest BCUT2D eigenvalue weighted by Gasteiger charge is -2.15. The molecule has 0 heterocycles. The van der Waals surface area contributed by atoms with E-state index in [-0.39, 0.29) is 17.9 Å². The van der Waals surface area contributed by atoms with Crippen molar-refractivity contribution in [2.24, 2.45) is 0 Å². The molecule has 0 fully saturated rings. The van der Waals surface area contributed by atoms with Crippen molar-refractivity contribution in [1.29, 1.82) is 0 Å². The van der Waals surface area contributed by atoms with Gasteiger partial charge in [0.2, 0.25) is 0 Å². The van der Waals surface area contributed by atoms with Crippen molar-refractivity contribution in [2.75, 3.05) is 18.2 Å². The van der Waals surface area contributed by atoms with Gasteiger partial charge in [-0.25, -0.2) is 4.79 Å². The number of fused-ring (bicyclic) bond motifs is 1. The summed E-state index contributed by atoms with van der Waals surface area (Å²) in [6.45, 7) is 0. The first-order valence-electron chi connectivity index (χ1n) is 10.7. The Labute approximate surface area is 187 Å². The number of nitrogens with two attached hydrogens (primary N) is 1. The molecule has 1 aliphatic rings. The Balaban J connectivity index is 1.35. The summed E-state index contributed by atoms with van der Waals surface area (Å²) in [6, 6.07) is 20.3. The number of amides is 2. The van der Waals surface area contributed by atoms with Crippen molar-refractivity contribution < 1.29 is 14.3 Å². The molecule has 32 heavy (non-hydrogen) atoms. The fraction of sp³-hybridized carbons (Fsp3) is 0.231. The van der Waals surface area contributed by atoms with Crippen molar-refractivity contribution >= 4 is 23.2 Å². The molecule has 0 saturated heterocycles. The number of anilines is 2. The number of ether oxygens (including phenoxy) is 1. The van der Waals surface area contributed by atoms with Crippen LogP contribution in [0.3, 0.4) is 0 Å². The fourth-order valence-corrected chi connectivity index (χ4v) is 4.10. The predicted octanol–water partition coefficient (Wildman–Crippen LogP) is 4.90. The molecule has 1 unspecified atom stereocenters. The van der Waals surface area contributed by atoms with E-state index in [4.69, 9.17) is 10.5 Å². The Hall–Kier alpha value is -3.80. The molecular weight excluding hydrogens is 402 g/mol. The molecule has 0 aliphatic heterocycles. The monoisotopic (exact) mass is 429 g/mol. The number of methoxy groups -OCH3 is 1. The first-order valence-corrected chi connectivity index (χ1v) is 10.7. The van der Waals surface area contributed by atoms with E-state index in [1.54, 1.807) is 31.4 Å². The molecule has 0 bridgehead atoms. The number of urea groups is 1. The zero-order chi connectivity index (χ0) is 22.5. The first-order chi connectivity index (χ1) is 15.5. The van der Waals surface area contributed by atoms with Gasteiger partial charge in [0.1, 0.15) is 5.75 Å². The van der Waals surface area contributed by atoms with Crippen molar-refractivity contribution in [3.8, 4) is 5.75 Å². The summed E-state index contributed by atoms with van der Waals surface area (Å²) in [6.07, 6.45) is 2.68. The highest BCUT2D eigenvalue weighted by Crippen LogP contribution is 2.32. The van der Waals surface area contributed by atoms with Crippen LogP contribution in [0.15, 0.2) is 66.7 Å². The zero-order valence-electron chi connectivity index (χ0n) is 18.1. The minimum Gasteiger partial charge on any atom is -0.497 e. The van der Waals surface area contributed by atoms with Crippen molar-refractivity contribution in [2.45, 2.75) is 31.7 Å². The Morgan fingerprint density at radius 3 is 2.59 bits per heavy atom. The lowest BCUT2D eigenvalue weighted by atomic mass is 9.98. The van der Waals surface area contributed by atoms with Gasteiger partial charge < -0.3 is 21.1 Å². The summed E-state index contributed by atoms with van der Waals surface area (Å²) in [5, 5.41) is 5.88. The van der Waals surface area contributed by atoms with Crippen LogP contribution in [0, 0.1) is 0 Å². The number of carbonyl (C=O) groups is 2. The molecule has 0 saturated carbocycles. The van der Waals surface area contributed by atoms with Crippen LogP contribution in [-0.2, 0) is 12.8 Å². The van der Waals surface area contributed by atoms with Crippen molar-refractivity contribution in [1.82, 2.24) is 5.32 Å². The number of benzene rings is 3. The van der Waals surface area contributed by atoms with Crippen LogP contribution in [0.1, 0.15) is 45.9 Å². The number of hydrogen-bond acceptors (Lipinski definition) is 4. The normalized spacial score (nSPS) is 14.5. The molecule has 3 aromatic rings. The highest BCUT2D eigenvalue weighted by molar-refractivity contribution is 5.96. The third kappa shape index (κ3) is 4.91. The minimum absolute atomic E-state index is 0.0727. The van der Waals surface area contributed by atoms with E-state index in [9.17, 15) is 9.59 Å². The first kappa shape index (κ1) is 21.4. The number of para-hydroxylation sites is 1. The number of Topliss-reactive ketones (excluding diaryl/α,β-unsaturated/α-hetero) is 1. The van der Waals surface area contributed by atoms with Crippen LogP contribution in [-0.4, -0.2) is 18.9 Å². The maximum Gasteiger partial charge on any atom is 0.319 e. The largest absolute Gasteiger partial charge is 0.497 e. The topological polar surface area (TPSA) is 93.5 Å². The molecule has 0 aromatic heterocycles. The fourth-order valence-electron chi connectivity index (χ4n) is 4.10. The van der Waals surface area contributed by atoms with Gasteiger partial charge in [-0.15, -0.1) is 0 Å². The maximum absolute atomic E-state index is 12.7. The summed E-state index contributed by atoms with van der Waals surface area (Å²) in [5.74, 6) is 0.836. The van der Waals surface area contributed by atoms with Gasteiger partial charge in [-0.2, -0.15) is 0 Å². The van der Waals surface area contributed by atoms with E-state index < -0.39 is 0 Å². The lowest BCUT2D eigenvalue weighted by Crippen LogP contribution is -2.31. The van der Waals surface area contributed by atoms with Gasteiger partial charge >= 0.3 is 6.03 Å². The van der Waals surface area contributed by atoms with Gasteiger partial charge in [-0.05, 0) is 72.4 Å². The van der Waals surface area contributed by atoms with E-state index in [2.05, 4.69) is 10.6 Å². The molecule has 4 N–H and O–H groups in total. The third-order valence-corrected chi connectivity index (χ3v) is 5.87. The Morgan fingerprint density at radius 2 is 1.84 bits per heavy atom. The summed E-state index contributed by atoms with van der Waals surface area (Å²) in [5.41, 5.74) is 11.3. The number of rotatable bonds is 7. The van der Waals surface area contributed by atoms with Crippen molar-refractivity contribution in [3.05, 3.63) is 89.0 Å². The van der Waals surface area contributed by atoms with Gasteiger partial charge in [0.25, 0.3) is 0 Å². The second-order valence-corrected chi connectivity index (χ2v) is 7.95. The molecule has 6 heteroatoms. The summed E-state index contributed by atoms with van der Waals surface area (Å²) >= 11 is 0. The van der Waals surface area contributed by atoms with Gasteiger partial charge in [0, 0.05) is 23.4 Å². The second kappa shape index (κ2) is 9.56. The average Bonchev–Trinajstić information content (AvgIpc) is 3.20. The van der Waals surface area contributed by atoms with Crippen LogP contribution < -0.4 is 21.1 Å². The highest BCUT2D eigenvalue weighted by atomic mass is 16.5. The van der Waals surface area contributed by atoms with Gasteiger partial charge in [-0.3, -0.25) is 4.79 Å². The van der Waals surface area contributed by atoms with E-state index >= 15 is 0 Å². The van der Waals surface area contributed by atoms with Crippen molar-refractivity contribution in [3.63, 3.8) is 0 Å². The van der Waals surface area contributed by atoms with Gasteiger partial charge in [0.15, 0.2) is 5.78 Å². The van der Waals surface area contributed by atoms with Crippen LogP contribution in [0.4, 0.5) is 16.2 Å². The SMILES string of the molecule is COc1ccc(NC(=O)NC2CCc3cc(C(=O)CCc4ccccc4N)ccc32)cc1. The third-order valence-electron chi connectivity index (χ3n) is 5.87. The number of carbonyl (C=O) groups excluding carboxylic acids is 2. The number of hydrogen-bond donors (Lipinski definition) is 3. The molecule has 4 rings (SSSR count). The van der Waals surface area contributed by atoms with Crippen LogP contribution >= 0.6 is 0 Å².